The lowest BCUT2D eigenvalue weighted by Gasteiger charge is -2.32. The Balaban J connectivity index is 2.17. The molecule has 1 aromatic rings. The van der Waals surface area contributed by atoms with Gasteiger partial charge in [0, 0.05) is 5.92 Å². The van der Waals surface area contributed by atoms with E-state index in [1.165, 1.54) is 5.56 Å². The highest BCUT2D eigenvalue weighted by atomic mass is 16.3. The predicted octanol–water partition coefficient (Wildman–Crippen LogP) is 1.92. The topological polar surface area (TPSA) is 20.2 Å². The Morgan fingerprint density at radius 3 is 2.27 bits per heavy atom. The van der Waals surface area contributed by atoms with Gasteiger partial charge >= 0.3 is 0 Å². The van der Waals surface area contributed by atoms with E-state index >= 15 is 0 Å². The molecule has 1 aliphatic carbocycles. The summed E-state index contributed by atoms with van der Waals surface area (Å²) in [7, 11) is 0. The van der Waals surface area contributed by atoms with Crippen molar-refractivity contribution in [2.24, 2.45) is 0 Å². The molecule has 0 aliphatic heterocycles. The van der Waals surface area contributed by atoms with E-state index in [0.717, 1.165) is 12.8 Å². The van der Waals surface area contributed by atoms with Gasteiger partial charge in [-0.25, -0.2) is 0 Å². The first-order chi connectivity index (χ1) is 5.38. The third kappa shape index (κ3) is 1.16. The number of aliphatic hydroxyl groups is 1. The van der Waals surface area contributed by atoms with Crippen molar-refractivity contribution >= 4 is 0 Å². The number of aliphatic hydroxyl groups excluding tert-OH is 1. The number of rotatable bonds is 1. The summed E-state index contributed by atoms with van der Waals surface area (Å²) in [5, 5.41) is 9.36. The molecular formula is C10H12O. The van der Waals surface area contributed by atoms with Crippen LogP contribution in [0.25, 0.3) is 0 Å². The molecule has 0 saturated heterocycles. The van der Waals surface area contributed by atoms with Crippen LogP contribution in [0.4, 0.5) is 0 Å². The van der Waals surface area contributed by atoms with Crippen molar-refractivity contribution < 1.29 is 5.11 Å². The van der Waals surface area contributed by atoms with Crippen LogP contribution in [0.1, 0.15) is 24.3 Å². The zero-order valence-electron chi connectivity index (χ0n) is 6.40. The molecule has 1 nitrogen and oxygen atoms in total. The highest BCUT2D eigenvalue weighted by Gasteiger charge is 2.29. The van der Waals surface area contributed by atoms with Crippen LogP contribution < -0.4 is 0 Å². The molecule has 1 aromatic carbocycles. The average Bonchev–Trinajstić information content (AvgIpc) is 2.04. The average molecular weight is 148 g/mol. The molecule has 0 bridgehead atoms. The molecule has 2 atom stereocenters. The van der Waals surface area contributed by atoms with E-state index in [2.05, 4.69) is 12.1 Å². The van der Waals surface area contributed by atoms with Crippen molar-refractivity contribution in [3.8, 4) is 0 Å². The van der Waals surface area contributed by atoms with E-state index < -0.39 is 0 Å². The van der Waals surface area contributed by atoms with Gasteiger partial charge in [-0.15, -0.1) is 0 Å². The first-order valence-electron chi connectivity index (χ1n) is 4.11. The largest absolute Gasteiger partial charge is 0.392 e. The lowest BCUT2D eigenvalue weighted by Crippen LogP contribution is -2.28. The summed E-state index contributed by atoms with van der Waals surface area (Å²) in [4.78, 5) is 0. The molecule has 58 valence electrons. The molecule has 0 unspecified atom stereocenters. The predicted molar refractivity (Wildman–Crippen MR) is 44.4 cm³/mol. The molecule has 1 saturated carbocycles. The highest BCUT2D eigenvalue weighted by molar-refractivity contribution is 5.22. The third-order valence-electron chi connectivity index (χ3n) is 2.47. The SMILES string of the molecule is O[C@H]1CC[C@H]1c1ccccc1. The molecule has 0 heterocycles. The maximum Gasteiger partial charge on any atom is 0.0609 e. The van der Waals surface area contributed by atoms with Gasteiger partial charge in [0.05, 0.1) is 6.10 Å². The van der Waals surface area contributed by atoms with Crippen molar-refractivity contribution in [2.45, 2.75) is 24.9 Å². The standard InChI is InChI=1S/C10H12O/c11-10-7-6-9(10)8-4-2-1-3-5-8/h1-5,9-11H,6-7H2/t9-,10-/m0/s1. The zero-order valence-corrected chi connectivity index (χ0v) is 6.40. The summed E-state index contributed by atoms with van der Waals surface area (Å²) >= 11 is 0. The summed E-state index contributed by atoms with van der Waals surface area (Å²) in [6.07, 6.45) is 2.03. The van der Waals surface area contributed by atoms with Crippen molar-refractivity contribution in [1.29, 1.82) is 0 Å². The van der Waals surface area contributed by atoms with Crippen molar-refractivity contribution in [3.05, 3.63) is 35.9 Å². The normalized spacial score (nSPS) is 29.5. The fourth-order valence-electron chi connectivity index (χ4n) is 1.57. The molecule has 0 amide bonds. The Hall–Kier alpha value is -0.820. The van der Waals surface area contributed by atoms with Crippen LogP contribution in [0, 0.1) is 0 Å². The molecule has 1 heteroatoms. The molecule has 0 radical (unpaired) electrons. The van der Waals surface area contributed by atoms with Gasteiger partial charge in [-0.3, -0.25) is 0 Å². The molecule has 1 aliphatic rings. The van der Waals surface area contributed by atoms with Crippen LogP contribution in [-0.2, 0) is 0 Å². The molecule has 1 fully saturated rings. The maximum atomic E-state index is 9.36. The molecule has 11 heavy (non-hydrogen) atoms. The minimum atomic E-state index is -0.0857. The van der Waals surface area contributed by atoms with Crippen LogP contribution in [0.3, 0.4) is 0 Å². The summed E-state index contributed by atoms with van der Waals surface area (Å²) < 4.78 is 0. The monoisotopic (exact) mass is 148 g/mol. The lowest BCUT2D eigenvalue weighted by molar-refractivity contribution is 0.0661. The Bertz CT molecular complexity index is 230. The summed E-state index contributed by atoms with van der Waals surface area (Å²) in [5.74, 6) is 0.413. The van der Waals surface area contributed by atoms with E-state index in [0.29, 0.717) is 5.92 Å². The Morgan fingerprint density at radius 2 is 1.82 bits per heavy atom. The number of benzene rings is 1. The number of hydrogen-bond donors (Lipinski definition) is 1. The second kappa shape index (κ2) is 2.67. The van der Waals surface area contributed by atoms with E-state index in [1.807, 2.05) is 18.2 Å². The van der Waals surface area contributed by atoms with Crippen LogP contribution in [0.15, 0.2) is 30.3 Å². The Labute approximate surface area is 66.7 Å². The summed E-state index contributed by atoms with van der Waals surface area (Å²) in [5.41, 5.74) is 1.28. The van der Waals surface area contributed by atoms with Gasteiger partial charge in [-0.2, -0.15) is 0 Å². The second-order valence-electron chi connectivity index (χ2n) is 3.16. The molecule has 0 spiro atoms. The maximum absolute atomic E-state index is 9.36. The van der Waals surface area contributed by atoms with E-state index in [9.17, 15) is 5.11 Å². The van der Waals surface area contributed by atoms with Gasteiger partial charge < -0.3 is 5.11 Å². The Kier molecular flexibility index (Phi) is 1.66. The quantitative estimate of drug-likeness (QED) is 0.645. The van der Waals surface area contributed by atoms with Crippen molar-refractivity contribution in [2.75, 3.05) is 0 Å². The summed E-state index contributed by atoms with van der Waals surface area (Å²) in [6, 6.07) is 10.2. The molecule has 0 aromatic heterocycles. The third-order valence-corrected chi connectivity index (χ3v) is 2.47. The fraction of sp³-hybridized carbons (Fsp3) is 0.400. The van der Waals surface area contributed by atoms with E-state index in [1.54, 1.807) is 0 Å². The van der Waals surface area contributed by atoms with Gasteiger partial charge in [0.2, 0.25) is 0 Å². The van der Waals surface area contributed by atoms with E-state index in [-0.39, 0.29) is 6.10 Å². The van der Waals surface area contributed by atoms with Crippen LogP contribution in [0.2, 0.25) is 0 Å². The van der Waals surface area contributed by atoms with Crippen LogP contribution in [0.5, 0.6) is 0 Å². The second-order valence-corrected chi connectivity index (χ2v) is 3.16. The number of hydrogen-bond acceptors (Lipinski definition) is 1. The molecule has 2 rings (SSSR count). The lowest BCUT2D eigenvalue weighted by atomic mass is 9.77. The van der Waals surface area contributed by atoms with Gasteiger partial charge in [0.15, 0.2) is 0 Å². The highest BCUT2D eigenvalue weighted by Crippen LogP contribution is 2.36. The smallest absolute Gasteiger partial charge is 0.0609 e. The van der Waals surface area contributed by atoms with Crippen LogP contribution in [-0.4, -0.2) is 11.2 Å². The van der Waals surface area contributed by atoms with Gasteiger partial charge in [-0.1, -0.05) is 30.3 Å². The first-order valence-corrected chi connectivity index (χ1v) is 4.11. The molecular weight excluding hydrogens is 136 g/mol. The minimum absolute atomic E-state index is 0.0857. The first kappa shape index (κ1) is 6.86. The van der Waals surface area contributed by atoms with Crippen molar-refractivity contribution in [1.82, 2.24) is 0 Å². The van der Waals surface area contributed by atoms with E-state index in [4.69, 9.17) is 0 Å². The fourth-order valence-corrected chi connectivity index (χ4v) is 1.57. The summed E-state index contributed by atoms with van der Waals surface area (Å²) in [6.45, 7) is 0. The zero-order chi connectivity index (χ0) is 7.68. The van der Waals surface area contributed by atoms with Gasteiger partial charge in [0.1, 0.15) is 0 Å². The van der Waals surface area contributed by atoms with Crippen LogP contribution >= 0.6 is 0 Å². The molecule has 1 N–H and O–H groups in total. The van der Waals surface area contributed by atoms with Crippen molar-refractivity contribution in [3.63, 3.8) is 0 Å². The van der Waals surface area contributed by atoms with Gasteiger partial charge in [0.25, 0.3) is 0 Å². The van der Waals surface area contributed by atoms with Gasteiger partial charge in [-0.05, 0) is 18.4 Å². The minimum Gasteiger partial charge on any atom is -0.392 e. The Morgan fingerprint density at radius 1 is 1.09 bits per heavy atom.